The van der Waals surface area contributed by atoms with Crippen LogP contribution in [0.15, 0.2) is 0 Å². The number of rotatable bonds is 9. The van der Waals surface area contributed by atoms with Gasteiger partial charge in [0.05, 0.1) is 12.7 Å². The lowest BCUT2D eigenvalue weighted by Gasteiger charge is -2.31. The van der Waals surface area contributed by atoms with Crippen molar-refractivity contribution in [2.45, 2.75) is 90.3 Å². The van der Waals surface area contributed by atoms with Crippen molar-refractivity contribution in [3.05, 3.63) is 0 Å². The Morgan fingerprint density at radius 3 is 2.40 bits per heavy atom. The molecule has 0 spiro atoms. The Morgan fingerprint density at radius 2 is 1.85 bits per heavy atom. The molecular weight excluding hydrogens is 250 g/mol. The van der Waals surface area contributed by atoms with Gasteiger partial charge in [-0.3, -0.25) is 0 Å². The Kier molecular flexibility index (Phi) is 8.08. The zero-order chi connectivity index (χ0) is 15.0. The van der Waals surface area contributed by atoms with Crippen LogP contribution >= 0.6 is 0 Å². The lowest BCUT2D eigenvalue weighted by atomic mass is 9.89. The van der Waals surface area contributed by atoms with Gasteiger partial charge < -0.3 is 15.2 Å². The van der Waals surface area contributed by atoms with E-state index in [9.17, 15) is 5.11 Å². The van der Waals surface area contributed by atoms with E-state index >= 15 is 0 Å². The van der Waals surface area contributed by atoms with Crippen molar-refractivity contribution in [2.24, 2.45) is 5.92 Å². The van der Waals surface area contributed by atoms with Crippen molar-refractivity contribution in [2.75, 3.05) is 13.2 Å². The van der Waals surface area contributed by atoms with Gasteiger partial charge in [0.1, 0.15) is 0 Å². The smallest absolute Gasteiger partial charge is 0.0610 e. The zero-order valence-corrected chi connectivity index (χ0v) is 14.0. The third kappa shape index (κ3) is 7.05. The molecule has 1 aliphatic carbocycles. The minimum absolute atomic E-state index is 0.144. The lowest BCUT2D eigenvalue weighted by Crippen LogP contribution is -2.49. The van der Waals surface area contributed by atoms with Gasteiger partial charge >= 0.3 is 0 Å². The number of aliphatic hydroxyl groups is 1. The third-order valence-electron chi connectivity index (χ3n) is 4.43. The first-order valence-corrected chi connectivity index (χ1v) is 8.45. The van der Waals surface area contributed by atoms with Gasteiger partial charge in [0.2, 0.25) is 0 Å². The first-order chi connectivity index (χ1) is 9.45. The largest absolute Gasteiger partial charge is 0.394 e. The fourth-order valence-electron chi connectivity index (χ4n) is 3.16. The fourth-order valence-corrected chi connectivity index (χ4v) is 3.16. The maximum atomic E-state index is 9.53. The van der Waals surface area contributed by atoms with Gasteiger partial charge in [0.15, 0.2) is 0 Å². The summed E-state index contributed by atoms with van der Waals surface area (Å²) >= 11 is 0. The molecule has 0 aliphatic heterocycles. The molecule has 0 saturated heterocycles. The van der Waals surface area contributed by atoms with Crippen molar-refractivity contribution in [1.29, 1.82) is 0 Å². The van der Waals surface area contributed by atoms with E-state index < -0.39 is 0 Å². The van der Waals surface area contributed by atoms with Crippen molar-refractivity contribution in [3.63, 3.8) is 0 Å². The highest BCUT2D eigenvalue weighted by Crippen LogP contribution is 2.25. The van der Waals surface area contributed by atoms with Crippen LogP contribution in [0.25, 0.3) is 0 Å². The number of unbranched alkanes of at least 4 members (excludes halogenated alkanes) is 1. The summed E-state index contributed by atoms with van der Waals surface area (Å²) in [7, 11) is 0. The average Bonchev–Trinajstić information content (AvgIpc) is 2.40. The number of ether oxygens (including phenoxy) is 1. The van der Waals surface area contributed by atoms with Gasteiger partial charge in [-0.2, -0.15) is 0 Å². The fraction of sp³-hybridized carbons (Fsp3) is 1.00. The number of aliphatic hydroxyl groups excluding tert-OH is 1. The molecule has 3 heteroatoms. The monoisotopic (exact) mass is 285 g/mol. The Hall–Kier alpha value is -0.120. The van der Waals surface area contributed by atoms with Crippen LogP contribution in [0.3, 0.4) is 0 Å². The first kappa shape index (κ1) is 17.9. The Labute approximate surface area is 125 Å². The van der Waals surface area contributed by atoms with Crippen LogP contribution in [-0.4, -0.2) is 36.0 Å². The second-order valence-electron chi connectivity index (χ2n) is 7.23. The van der Waals surface area contributed by atoms with Crippen LogP contribution in [0.2, 0.25) is 0 Å². The normalized spacial score (nSPS) is 26.7. The van der Waals surface area contributed by atoms with Gasteiger partial charge in [-0.25, -0.2) is 0 Å². The van der Waals surface area contributed by atoms with Gasteiger partial charge in [0, 0.05) is 18.2 Å². The van der Waals surface area contributed by atoms with Crippen LogP contribution < -0.4 is 5.32 Å². The van der Waals surface area contributed by atoms with Crippen molar-refractivity contribution in [3.8, 4) is 0 Å². The zero-order valence-electron chi connectivity index (χ0n) is 14.0. The lowest BCUT2D eigenvalue weighted by molar-refractivity contribution is 0.0168. The Bertz CT molecular complexity index is 249. The Balaban J connectivity index is 2.08. The molecule has 0 aromatic heterocycles. The first-order valence-electron chi connectivity index (χ1n) is 8.45. The summed E-state index contributed by atoms with van der Waals surface area (Å²) in [6.07, 6.45) is 8.85. The van der Waals surface area contributed by atoms with Gasteiger partial charge in [-0.05, 0) is 57.8 Å². The molecule has 0 radical (unpaired) electrons. The minimum atomic E-state index is -0.144. The molecule has 1 rings (SSSR count). The minimum Gasteiger partial charge on any atom is -0.394 e. The summed E-state index contributed by atoms with van der Waals surface area (Å²) in [6.45, 7) is 9.78. The van der Waals surface area contributed by atoms with Crippen LogP contribution in [0.4, 0.5) is 0 Å². The molecule has 0 bridgehead atoms. The number of nitrogens with one attached hydrogen (secondary N) is 1. The molecule has 1 unspecified atom stereocenters. The molecule has 0 aromatic rings. The second-order valence-corrected chi connectivity index (χ2v) is 7.23. The number of hydrogen-bond acceptors (Lipinski definition) is 3. The van der Waals surface area contributed by atoms with Gasteiger partial charge in [-0.15, -0.1) is 0 Å². The molecule has 2 N–H and O–H groups in total. The molecule has 1 atom stereocenters. The summed E-state index contributed by atoms with van der Waals surface area (Å²) in [5.74, 6) is 0.891. The highest BCUT2D eigenvalue weighted by atomic mass is 16.5. The topological polar surface area (TPSA) is 41.5 Å². The van der Waals surface area contributed by atoms with Crippen molar-refractivity contribution < 1.29 is 9.84 Å². The van der Waals surface area contributed by atoms with Crippen LogP contribution in [-0.2, 0) is 4.74 Å². The Morgan fingerprint density at radius 1 is 1.20 bits per heavy atom. The van der Waals surface area contributed by atoms with E-state index in [4.69, 9.17) is 4.74 Å². The van der Waals surface area contributed by atoms with E-state index in [2.05, 4.69) is 33.0 Å². The van der Waals surface area contributed by atoms with E-state index in [1.807, 2.05) is 0 Å². The van der Waals surface area contributed by atoms with E-state index in [-0.39, 0.29) is 12.1 Å². The summed E-state index contributed by atoms with van der Waals surface area (Å²) in [6, 6.07) is 0.410. The molecular formula is C17H35NO2. The molecule has 3 nitrogen and oxygen atoms in total. The second kappa shape index (κ2) is 9.01. The molecule has 1 fully saturated rings. The maximum Gasteiger partial charge on any atom is 0.0610 e. The predicted octanol–water partition coefficient (Wildman–Crippen LogP) is 3.50. The SMILES string of the molecule is CC1CCC(OCCCCC(C)(CO)NC(C)C)CC1. The highest BCUT2D eigenvalue weighted by Gasteiger charge is 2.23. The van der Waals surface area contributed by atoms with Crippen molar-refractivity contribution >= 4 is 0 Å². The summed E-state index contributed by atoms with van der Waals surface area (Å²) < 4.78 is 5.98. The quantitative estimate of drug-likeness (QED) is 0.637. The van der Waals surface area contributed by atoms with E-state index in [1.54, 1.807) is 0 Å². The van der Waals surface area contributed by atoms with Gasteiger partial charge in [-0.1, -0.05) is 20.8 Å². The van der Waals surface area contributed by atoms with E-state index in [0.29, 0.717) is 12.1 Å². The molecule has 0 amide bonds. The molecule has 1 saturated carbocycles. The number of hydrogen-bond donors (Lipinski definition) is 2. The molecule has 20 heavy (non-hydrogen) atoms. The summed E-state index contributed by atoms with van der Waals surface area (Å²) in [5, 5.41) is 13.0. The molecule has 0 heterocycles. The summed E-state index contributed by atoms with van der Waals surface area (Å²) in [4.78, 5) is 0. The van der Waals surface area contributed by atoms with E-state index in [1.165, 1.54) is 25.7 Å². The molecule has 120 valence electrons. The van der Waals surface area contributed by atoms with E-state index in [0.717, 1.165) is 31.8 Å². The van der Waals surface area contributed by atoms with Crippen LogP contribution in [0.1, 0.15) is 72.6 Å². The molecule has 0 aromatic carbocycles. The standard InChI is InChI=1S/C17H35NO2/c1-14(2)18-17(4,13-19)11-5-6-12-20-16-9-7-15(3)8-10-16/h14-16,18-19H,5-13H2,1-4H3. The maximum absolute atomic E-state index is 9.53. The third-order valence-corrected chi connectivity index (χ3v) is 4.43. The van der Waals surface area contributed by atoms with Crippen molar-refractivity contribution in [1.82, 2.24) is 5.32 Å². The van der Waals surface area contributed by atoms with Gasteiger partial charge in [0.25, 0.3) is 0 Å². The molecule has 1 aliphatic rings. The summed E-state index contributed by atoms with van der Waals surface area (Å²) in [5.41, 5.74) is -0.144. The predicted molar refractivity (Wildman–Crippen MR) is 85.0 cm³/mol. The average molecular weight is 285 g/mol. The van der Waals surface area contributed by atoms with Crippen LogP contribution in [0.5, 0.6) is 0 Å². The van der Waals surface area contributed by atoms with Crippen LogP contribution in [0, 0.1) is 5.92 Å². The highest BCUT2D eigenvalue weighted by molar-refractivity contribution is 4.83.